The summed E-state index contributed by atoms with van der Waals surface area (Å²) >= 11 is 1.29. The largest absolute Gasteiger partial charge is 0.480 e. The number of carboxylic acid groups (broad SMARTS) is 2. The molecule has 1 aromatic heterocycles. The standard InChI is InChI=1S/C9H10O4S/c1-2-9(7(10)11,8(12)13)6-3-4-14-5-6/h3-5H,2H2,1H3,(H,10,11)(H,12,13). The molecular formula is C9H10O4S. The summed E-state index contributed by atoms with van der Waals surface area (Å²) < 4.78 is 0. The van der Waals surface area contributed by atoms with Crippen molar-refractivity contribution in [2.75, 3.05) is 0 Å². The molecule has 0 fully saturated rings. The van der Waals surface area contributed by atoms with Crippen LogP contribution >= 0.6 is 11.3 Å². The summed E-state index contributed by atoms with van der Waals surface area (Å²) in [6.45, 7) is 1.56. The molecule has 0 atom stereocenters. The van der Waals surface area contributed by atoms with Gasteiger partial charge in [-0.05, 0) is 28.8 Å². The average Bonchev–Trinajstić information content (AvgIpc) is 2.58. The van der Waals surface area contributed by atoms with Crippen LogP contribution < -0.4 is 0 Å². The van der Waals surface area contributed by atoms with Crippen molar-refractivity contribution in [3.05, 3.63) is 22.4 Å². The van der Waals surface area contributed by atoms with Gasteiger partial charge in [-0.25, -0.2) is 0 Å². The minimum absolute atomic E-state index is 0.0361. The summed E-state index contributed by atoms with van der Waals surface area (Å²) in [5.41, 5.74) is -1.45. The van der Waals surface area contributed by atoms with E-state index >= 15 is 0 Å². The second kappa shape index (κ2) is 3.79. The molecule has 1 rings (SSSR count). The molecule has 0 aromatic carbocycles. The van der Waals surface area contributed by atoms with E-state index in [1.807, 2.05) is 0 Å². The van der Waals surface area contributed by atoms with Gasteiger partial charge in [-0.15, -0.1) is 0 Å². The van der Waals surface area contributed by atoms with E-state index in [9.17, 15) is 9.59 Å². The highest BCUT2D eigenvalue weighted by molar-refractivity contribution is 7.08. The van der Waals surface area contributed by atoms with Gasteiger partial charge < -0.3 is 10.2 Å². The van der Waals surface area contributed by atoms with E-state index in [2.05, 4.69) is 0 Å². The van der Waals surface area contributed by atoms with E-state index in [4.69, 9.17) is 10.2 Å². The highest BCUT2D eigenvalue weighted by Crippen LogP contribution is 2.30. The Morgan fingerprint density at radius 2 is 2.00 bits per heavy atom. The molecule has 0 saturated carbocycles. The Bertz CT molecular complexity index is 328. The van der Waals surface area contributed by atoms with Gasteiger partial charge >= 0.3 is 11.9 Å². The van der Waals surface area contributed by atoms with Crippen LogP contribution in [0.25, 0.3) is 0 Å². The number of hydrogen-bond donors (Lipinski definition) is 2. The van der Waals surface area contributed by atoms with Gasteiger partial charge in [0.15, 0.2) is 5.41 Å². The van der Waals surface area contributed by atoms with Gasteiger partial charge in [0, 0.05) is 0 Å². The molecular weight excluding hydrogens is 204 g/mol. The Hall–Kier alpha value is -1.36. The van der Waals surface area contributed by atoms with Crippen LogP contribution in [0, 0.1) is 0 Å². The minimum atomic E-state index is -1.79. The quantitative estimate of drug-likeness (QED) is 0.746. The summed E-state index contributed by atoms with van der Waals surface area (Å²) in [5.74, 6) is -2.63. The third-order valence-electron chi connectivity index (χ3n) is 2.27. The van der Waals surface area contributed by atoms with E-state index in [0.717, 1.165) is 0 Å². The van der Waals surface area contributed by atoms with Crippen LogP contribution in [-0.2, 0) is 15.0 Å². The first-order chi connectivity index (χ1) is 6.55. The molecule has 4 nitrogen and oxygen atoms in total. The van der Waals surface area contributed by atoms with Crippen molar-refractivity contribution < 1.29 is 19.8 Å². The first kappa shape index (κ1) is 10.7. The molecule has 2 N–H and O–H groups in total. The van der Waals surface area contributed by atoms with Crippen LogP contribution in [0.2, 0.25) is 0 Å². The maximum Gasteiger partial charge on any atom is 0.325 e. The number of carboxylic acids is 2. The van der Waals surface area contributed by atoms with Gasteiger partial charge in [0.05, 0.1) is 0 Å². The lowest BCUT2D eigenvalue weighted by Crippen LogP contribution is -2.42. The summed E-state index contributed by atoms with van der Waals surface area (Å²) in [5, 5.41) is 21.2. The smallest absolute Gasteiger partial charge is 0.325 e. The summed E-state index contributed by atoms with van der Waals surface area (Å²) in [6, 6.07) is 1.54. The lowest BCUT2D eigenvalue weighted by molar-refractivity contribution is -0.157. The zero-order chi connectivity index (χ0) is 10.8. The van der Waals surface area contributed by atoms with E-state index in [1.165, 1.54) is 17.4 Å². The minimum Gasteiger partial charge on any atom is -0.480 e. The molecule has 0 radical (unpaired) electrons. The molecule has 0 aliphatic rings. The third-order valence-corrected chi connectivity index (χ3v) is 2.96. The van der Waals surface area contributed by atoms with Crippen LogP contribution in [-0.4, -0.2) is 22.2 Å². The van der Waals surface area contributed by atoms with Crippen LogP contribution in [0.4, 0.5) is 0 Å². The number of rotatable bonds is 4. The monoisotopic (exact) mass is 214 g/mol. The Morgan fingerprint density at radius 3 is 2.29 bits per heavy atom. The zero-order valence-corrected chi connectivity index (χ0v) is 8.37. The predicted molar refractivity (Wildman–Crippen MR) is 51.6 cm³/mol. The fourth-order valence-corrected chi connectivity index (χ4v) is 2.08. The first-order valence-corrected chi connectivity index (χ1v) is 4.99. The number of carbonyl (C=O) groups is 2. The molecule has 1 aromatic rings. The van der Waals surface area contributed by atoms with Crippen molar-refractivity contribution in [2.45, 2.75) is 18.8 Å². The van der Waals surface area contributed by atoms with Gasteiger partial charge in [-0.3, -0.25) is 9.59 Å². The summed E-state index contributed by atoms with van der Waals surface area (Å²) in [6.07, 6.45) is 0.0361. The van der Waals surface area contributed by atoms with Crippen molar-refractivity contribution in [3.8, 4) is 0 Å². The molecule has 76 valence electrons. The Balaban J connectivity index is 3.29. The molecule has 5 heteroatoms. The lowest BCUT2D eigenvalue weighted by atomic mass is 9.80. The number of aliphatic carboxylic acids is 2. The van der Waals surface area contributed by atoms with Gasteiger partial charge in [0.1, 0.15) is 0 Å². The van der Waals surface area contributed by atoms with Gasteiger partial charge in [0.2, 0.25) is 0 Å². The average molecular weight is 214 g/mol. The SMILES string of the molecule is CCC(C(=O)O)(C(=O)O)c1ccsc1. The van der Waals surface area contributed by atoms with Crippen LogP contribution in [0.1, 0.15) is 18.9 Å². The number of thiophene rings is 1. The van der Waals surface area contributed by atoms with Gasteiger partial charge in [-0.2, -0.15) is 11.3 Å². The topological polar surface area (TPSA) is 74.6 Å². The molecule has 0 aliphatic heterocycles. The van der Waals surface area contributed by atoms with Crippen LogP contribution in [0.15, 0.2) is 16.8 Å². The van der Waals surface area contributed by atoms with Gasteiger partial charge in [-0.1, -0.05) is 6.92 Å². The second-order valence-corrected chi connectivity index (χ2v) is 3.66. The highest BCUT2D eigenvalue weighted by Gasteiger charge is 2.46. The van der Waals surface area contributed by atoms with Crippen molar-refractivity contribution >= 4 is 23.3 Å². The molecule has 14 heavy (non-hydrogen) atoms. The van der Waals surface area contributed by atoms with E-state index < -0.39 is 17.4 Å². The molecule has 1 heterocycles. The molecule has 0 aliphatic carbocycles. The first-order valence-electron chi connectivity index (χ1n) is 4.05. The van der Waals surface area contributed by atoms with Crippen molar-refractivity contribution in [1.29, 1.82) is 0 Å². The van der Waals surface area contributed by atoms with E-state index in [0.29, 0.717) is 5.56 Å². The molecule has 0 saturated heterocycles. The van der Waals surface area contributed by atoms with Crippen molar-refractivity contribution in [3.63, 3.8) is 0 Å². The normalized spacial score (nSPS) is 11.2. The Labute approximate surface area is 84.8 Å². The van der Waals surface area contributed by atoms with Crippen molar-refractivity contribution in [1.82, 2.24) is 0 Å². The summed E-state index contributed by atoms with van der Waals surface area (Å²) in [7, 11) is 0. The maximum absolute atomic E-state index is 11.0. The van der Waals surface area contributed by atoms with E-state index in [-0.39, 0.29) is 6.42 Å². The van der Waals surface area contributed by atoms with Crippen LogP contribution in [0.5, 0.6) is 0 Å². The third kappa shape index (κ3) is 1.39. The number of hydrogen-bond acceptors (Lipinski definition) is 3. The highest BCUT2D eigenvalue weighted by atomic mass is 32.1. The predicted octanol–water partition coefficient (Wildman–Crippen LogP) is 1.57. The summed E-state index contributed by atoms with van der Waals surface area (Å²) in [4.78, 5) is 22.0. The molecule has 0 spiro atoms. The fourth-order valence-electron chi connectivity index (χ4n) is 1.35. The fraction of sp³-hybridized carbons (Fsp3) is 0.333. The van der Waals surface area contributed by atoms with Gasteiger partial charge in [0.25, 0.3) is 0 Å². The van der Waals surface area contributed by atoms with E-state index in [1.54, 1.807) is 17.7 Å². The Morgan fingerprint density at radius 1 is 1.43 bits per heavy atom. The van der Waals surface area contributed by atoms with Crippen LogP contribution in [0.3, 0.4) is 0 Å². The molecule has 0 amide bonds. The zero-order valence-electron chi connectivity index (χ0n) is 7.56. The Kier molecular flexibility index (Phi) is 2.90. The molecule has 0 unspecified atom stereocenters. The van der Waals surface area contributed by atoms with Crippen molar-refractivity contribution in [2.24, 2.45) is 0 Å². The second-order valence-electron chi connectivity index (χ2n) is 2.88. The lowest BCUT2D eigenvalue weighted by Gasteiger charge is -2.21. The maximum atomic E-state index is 11.0. The molecule has 0 bridgehead atoms.